The van der Waals surface area contributed by atoms with Crippen LogP contribution in [0.2, 0.25) is 0 Å². The van der Waals surface area contributed by atoms with Crippen LogP contribution in [0.4, 0.5) is 0 Å². The van der Waals surface area contributed by atoms with Crippen LogP contribution in [0.1, 0.15) is 42.5 Å². The molecule has 0 aliphatic carbocycles. The molecule has 0 unspecified atom stereocenters. The summed E-state index contributed by atoms with van der Waals surface area (Å²) in [4.78, 5) is 27.5. The van der Waals surface area contributed by atoms with Gasteiger partial charge in [-0.25, -0.2) is 0 Å². The molecule has 0 aliphatic heterocycles. The van der Waals surface area contributed by atoms with Crippen molar-refractivity contribution in [2.75, 3.05) is 13.1 Å². The molecule has 0 heterocycles. The number of hydrogen-bond acceptors (Lipinski definition) is 2. The predicted molar refractivity (Wildman–Crippen MR) is 114 cm³/mol. The highest BCUT2D eigenvalue weighted by Gasteiger charge is 2.27. The number of likely N-dealkylation sites (N-methyl/N-ethyl adjacent to an activating group) is 1. The van der Waals surface area contributed by atoms with E-state index in [0.29, 0.717) is 25.9 Å². The first-order valence-corrected chi connectivity index (χ1v) is 10.1. The van der Waals surface area contributed by atoms with E-state index in [0.717, 1.165) is 17.5 Å². The molecule has 0 spiro atoms. The molecule has 150 valence electrons. The number of carbonyl (C=O) groups excluding carboxylic acids is 2. The molecule has 0 saturated carbocycles. The van der Waals surface area contributed by atoms with Crippen molar-refractivity contribution in [3.05, 3.63) is 70.8 Å². The van der Waals surface area contributed by atoms with E-state index in [4.69, 9.17) is 0 Å². The predicted octanol–water partition coefficient (Wildman–Crippen LogP) is 3.83. The Kier molecular flexibility index (Phi) is 8.24. The minimum absolute atomic E-state index is 0.00251. The lowest BCUT2D eigenvalue weighted by atomic mass is 10.0. The van der Waals surface area contributed by atoms with Crippen LogP contribution in [0.3, 0.4) is 0 Å². The van der Waals surface area contributed by atoms with Gasteiger partial charge in [-0.2, -0.15) is 0 Å². The Morgan fingerprint density at radius 2 is 1.68 bits per heavy atom. The average Bonchev–Trinajstić information content (AvgIpc) is 2.68. The summed E-state index contributed by atoms with van der Waals surface area (Å²) in [7, 11) is 0. The summed E-state index contributed by atoms with van der Waals surface area (Å²) in [5, 5.41) is 2.88. The Balaban J connectivity index is 2.20. The van der Waals surface area contributed by atoms with Gasteiger partial charge in [0.1, 0.15) is 6.04 Å². The number of carbonyl (C=O) groups is 2. The van der Waals surface area contributed by atoms with Crippen molar-refractivity contribution in [2.24, 2.45) is 0 Å². The zero-order valence-electron chi connectivity index (χ0n) is 17.5. The van der Waals surface area contributed by atoms with E-state index in [1.54, 1.807) is 4.90 Å². The van der Waals surface area contributed by atoms with Gasteiger partial charge in [-0.15, -0.1) is 0 Å². The Bertz CT molecular complexity index is 786. The van der Waals surface area contributed by atoms with E-state index in [2.05, 4.69) is 37.4 Å². The van der Waals surface area contributed by atoms with Crippen molar-refractivity contribution in [1.29, 1.82) is 0 Å². The largest absolute Gasteiger partial charge is 0.355 e. The van der Waals surface area contributed by atoms with Crippen molar-refractivity contribution in [2.45, 2.75) is 53.0 Å². The second-order valence-electron chi connectivity index (χ2n) is 7.24. The SMILES string of the molecule is CCNC(=O)[C@H](CC)N(CCc1ccccc1)C(=O)Cc1ccc(C)c(C)c1. The first kappa shape index (κ1) is 21.7. The number of aryl methyl sites for hydroxylation is 2. The van der Waals surface area contributed by atoms with E-state index < -0.39 is 6.04 Å². The second kappa shape index (κ2) is 10.6. The highest BCUT2D eigenvalue weighted by atomic mass is 16.2. The molecule has 2 rings (SSSR count). The van der Waals surface area contributed by atoms with Gasteiger partial charge >= 0.3 is 0 Å². The van der Waals surface area contributed by atoms with Crippen LogP contribution in [-0.2, 0) is 22.4 Å². The number of benzene rings is 2. The van der Waals surface area contributed by atoms with Crippen LogP contribution in [0, 0.1) is 13.8 Å². The summed E-state index contributed by atoms with van der Waals surface area (Å²) in [6, 6.07) is 15.8. The van der Waals surface area contributed by atoms with Gasteiger partial charge in [-0.1, -0.05) is 55.5 Å². The molecule has 0 bridgehead atoms. The molecule has 0 fully saturated rings. The van der Waals surface area contributed by atoms with Gasteiger partial charge in [0.25, 0.3) is 0 Å². The van der Waals surface area contributed by atoms with Gasteiger partial charge in [0.05, 0.1) is 6.42 Å². The fourth-order valence-corrected chi connectivity index (χ4v) is 3.38. The molecule has 0 radical (unpaired) electrons. The molecule has 2 aromatic rings. The number of hydrogen-bond donors (Lipinski definition) is 1. The Labute approximate surface area is 169 Å². The third kappa shape index (κ3) is 5.95. The van der Waals surface area contributed by atoms with E-state index in [1.165, 1.54) is 11.1 Å². The van der Waals surface area contributed by atoms with Crippen LogP contribution in [0.15, 0.2) is 48.5 Å². The molecule has 1 atom stereocenters. The average molecular weight is 381 g/mol. The molecule has 2 amide bonds. The Morgan fingerprint density at radius 3 is 2.29 bits per heavy atom. The molecule has 0 saturated heterocycles. The maximum Gasteiger partial charge on any atom is 0.242 e. The van der Waals surface area contributed by atoms with Gasteiger partial charge in [0, 0.05) is 13.1 Å². The van der Waals surface area contributed by atoms with Gasteiger partial charge < -0.3 is 10.2 Å². The van der Waals surface area contributed by atoms with Crippen molar-refractivity contribution in [3.8, 4) is 0 Å². The van der Waals surface area contributed by atoms with E-state index >= 15 is 0 Å². The second-order valence-corrected chi connectivity index (χ2v) is 7.24. The van der Waals surface area contributed by atoms with E-state index in [9.17, 15) is 9.59 Å². The fourth-order valence-electron chi connectivity index (χ4n) is 3.38. The van der Waals surface area contributed by atoms with Crippen molar-refractivity contribution in [3.63, 3.8) is 0 Å². The molecule has 2 aromatic carbocycles. The van der Waals surface area contributed by atoms with Crippen LogP contribution in [0.25, 0.3) is 0 Å². The smallest absolute Gasteiger partial charge is 0.242 e. The first-order valence-electron chi connectivity index (χ1n) is 10.1. The van der Waals surface area contributed by atoms with E-state index in [1.807, 2.05) is 44.2 Å². The minimum Gasteiger partial charge on any atom is -0.355 e. The molecule has 4 nitrogen and oxygen atoms in total. The molecule has 28 heavy (non-hydrogen) atoms. The Morgan fingerprint density at radius 1 is 0.964 bits per heavy atom. The highest BCUT2D eigenvalue weighted by Crippen LogP contribution is 2.14. The zero-order valence-corrected chi connectivity index (χ0v) is 17.5. The summed E-state index contributed by atoms with van der Waals surface area (Å²) < 4.78 is 0. The lowest BCUT2D eigenvalue weighted by Crippen LogP contribution is -2.50. The fraction of sp³-hybridized carbons (Fsp3) is 0.417. The molecule has 1 N–H and O–H groups in total. The highest BCUT2D eigenvalue weighted by molar-refractivity contribution is 5.88. The Hall–Kier alpha value is -2.62. The third-order valence-corrected chi connectivity index (χ3v) is 5.15. The van der Waals surface area contributed by atoms with Crippen LogP contribution < -0.4 is 5.32 Å². The zero-order chi connectivity index (χ0) is 20.5. The molecule has 0 aliphatic rings. The minimum atomic E-state index is -0.442. The third-order valence-electron chi connectivity index (χ3n) is 5.15. The van der Waals surface area contributed by atoms with Crippen molar-refractivity contribution in [1.82, 2.24) is 10.2 Å². The lowest BCUT2D eigenvalue weighted by molar-refractivity contribution is -0.140. The van der Waals surface area contributed by atoms with E-state index in [-0.39, 0.29) is 11.8 Å². The van der Waals surface area contributed by atoms with Gasteiger partial charge in [0.15, 0.2) is 0 Å². The maximum absolute atomic E-state index is 13.2. The summed E-state index contributed by atoms with van der Waals surface area (Å²) in [6.45, 7) is 9.07. The summed E-state index contributed by atoms with van der Waals surface area (Å²) >= 11 is 0. The molecular formula is C24H32N2O2. The molecule has 0 aromatic heterocycles. The quantitative estimate of drug-likeness (QED) is 0.719. The maximum atomic E-state index is 13.2. The number of amides is 2. The molecular weight excluding hydrogens is 348 g/mol. The van der Waals surface area contributed by atoms with Crippen LogP contribution in [-0.4, -0.2) is 35.8 Å². The van der Waals surface area contributed by atoms with Crippen molar-refractivity contribution >= 4 is 11.8 Å². The standard InChI is InChI=1S/C24H32N2O2/c1-5-22(24(28)25-6-2)26(15-14-20-10-8-7-9-11-20)23(27)17-21-13-12-18(3)19(4)16-21/h7-13,16,22H,5-6,14-15,17H2,1-4H3,(H,25,28)/t22-/m0/s1. The molecule has 4 heteroatoms. The number of nitrogens with one attached hydrogen (secondary N) is 1. The van der Waals surface area contributed by atoms with Crippen LogP contribution >= 0.6 is 0 Å². The summed E-state index contributed by atoms with van der Waals surface area (Å²) in [6.07, 6.45) is 1.64. The van der Waals surface area contributed by atoms with Gasteiger partial charge in [0.2, 0.25) is 11.8 Å². The lowest BCUT2D eigenvalue weighted by Gasteiger charge is -2.30. The van der Waals surface area contributed by atoms with Crippen LogP contribution in [0.5, 0.6) is 0 Å². The monoisotopic (exact) mass is 380 g/mol. The number of rotatable bonds is 9. The normalized spacial score (nSPS) is 11.7. The number of nitrogens with zero attached hydrogens (tertiary/aromatic N) is 1. The van der Waals surface area contributed by atoms with Crippen molar-refractivity contribution < 1.29 is 9.59 Å². The van der Waals surface area contributed by atoms with Gasteiger partial charge in [-0.05, 0) is 55.9 Å². The van der Waals surface area contributed by atoms with Gasteiger partial charge in [-0.3, -0.25) is 9.59 Å². The topological polar surface area (TPSA) is 49.4 Å². The summed E-state index contributed by atoms with van der Waals surface area (Å²) in [5.41, 5.74) is 4.54. The first-order chi connectivity index (χ1) is 13.5. The summed E-state index contributed by atoms with van der Waals surface area (Å²) in [5.74, 6) is -0.0798.